The molecule has 1 aromatic carbocycles. The van der Waals surface area contributed by atoms with Crippen molar-refractivity contribution in [2.45, 2.75) is 6.10 Å². The van der Waals surface area contributed by atoms with E-state index in [2.05, 4.69) is 5.10 Å². The van der Waals surface area contributed by atoms with Gasteiger partial charge in [-0.15, -0.1) is 0 Å². The lowest BCUT2D eigenvalue weighted by Gasteiger charge is -2.10. The Bertz CT molecular complexity index is 408. The normalized spacial score (nSPS) is 12.7. The zero-order valence-electron chi connectivity index (χ0n) is 7.96. The van der Waals surface area contributed by atoms with Crippen molar-refractivity contribution in [2.24, 2.45) is 7.05 Å². The van der Waals surface area contributed by atoms with Gasteiger partial charge in [0.1, 0.15) is 6.10 Å². The quantitative estimate of drug-likeness (QED) is 0.775. The number of hydrogen-bond acceptors (Lipinski definition) is 2. The van der Waals surface area contributed by atoms with E-state index in [0.717, 1.165) is 11.3 Å². The van der Waals surface area contributed by atoms with E-state index in [-0.39, 0.29) is 0 Å². The highest BCUT2D eigenvalue weighted by Gasteiger charge is 2.12. The van der Waals surface area contributed by atoms with E-state index in [1.165, 1.54) is 0 Å². The van der Waals surface area contributed by atoms with E-state index < -0.39 is 6.10 Å². The fourth-order valence-corrected chi connectivity index (χ4v) is 1.46. The number of aliphatic hydroxyl groups excluding tert-OH is 1. The molecule has 0 radical (unpaired) electrons. The van der Waals surface area contributed by atoms with Crippen molar-refractivity contribution in [3.63, 3.8) is 0 Å². The van der Waals surface area contributed by atoms with Gasteiger partial charge in [-0.3, -0.25) is 4.68 Å². The lowest BCUT2D eigenvalue weighted by atomic mass is 10.1. The number of aliphatic hydroxyl groups is 1. The van der Waals surface area contributed by atoms with Crippen molar-refractivity contribution < 1.29 is 5.11 Å². The monoisotopic (exact) mass is 188 g/mol. The zero-order valence-corrected chi connectivity index (χ0v) is 7.96. The van der Waals surface area contributed by atoms with Crippen molar-refractivity contribution >= 4 is 0 Å². The van der Waals surface area contributed by atoms with Crippen LogP contribution in [0.5, 0.6) is 0 Å². The summed E-state index contributed by atoms with van der Waals surface area (Å²) < 4.78 is 1.68. The summed E-state index contributed by atoms with van der Waals surface area (Å²) in [4.78, 5) is 0. The third-order valence-electron chi connectivity index (χ3n) is 2.25. The molecule has 0 bridgehead atoms. The molecule has 0 amide bonds. The first kappa shape index (κ1) is 8.97. The first-order valence-corrected chi connectivity index (χ1v) is 4.50. The Kier molecular flexibility index (Phi) is 2.33. The van der Waals surface area contributed by atoms with Crippen LogP contribution in [0, 0.1) is 0 Å². The molecule has 3 nitrogen and oxygen atoms in total. The van der Waals surface area contributed by atoms with Crippen LogP contribution in [0.25, 0.3) is 0 Å². The SMILES string of the molecule is Cn1nccc1[C@H](O)c1ccccc1. The Balaban J connectivity index is 2.34. The maximum atomic E-state index is 10.0. The predicted octanol–water partition coefficient (Wildman–Crippen LogP) is 1.50. The van der Waals surface area contributed by atoms with Crippen LogP contribution in [0.3, 0.4) is 0 Å². The maximum Gasteiger partial charge on any atom is 0.121 e. The first-order chi connectivity index (χ1) is 6.79. The Morgan fingerprint density at radius 1 is 1.21 bits per heavy atom. The number of rotatable bonds is 2. The average molecular weight is 188 g/mol. The summed E-state index contributed by atoms with van der Waals surface area (Å²) in [6, 6.07) is 11.4. The second kappa shape index (κ2) is 3.64. The molecule has 14 heavy (non-hydrogen) atoms. The van der Waals surface area contributed by atoms with Gasteiger partial charge < -0.3 is 5.11 Å². The standard InChI is InChI=1S/C11H12N2O/c1-13-10(7-8-12-13)11(14)9-5-3-2-4-6-9/h2-8,11,14H,1H3/t11-/m1/s1. The number of hydrogen-bond donors (Lipinski definition) is 1. The molecule has 1 N–H and O–H groups in total. The lowest BCUT2D eigenvalue weighted by Crippen LogP contribution is -2.06. The molecule has 3 heteroatoms. The van der Waals surface area contributed by atoms with Gasteiger partial charge in [0.05, 0.1) is 5.69 Å². The molecule has 0 spiro atoms. The number of aromatic nitrogens is 2. The number of aryl methyl sites for hydroxylation is 1. The molecule has 72 valence electrons. The summed E-state index contributed by atoms with van der Waals surface area (Å²) >= 11 is 0. The van der Waals surface area contributed by atoms with Crippen LogP contribution >= 0.6 is 0 Å². The molecule has 1 atom stereocenters. The third-order valence-corrected chi connectivity index (χ3v) is 2.25. The molecule has 1 aromatic heterocycles. The van der Waals surface area contributed by atoms with E-state index in [1.54, 1.807) is 10.9 Å². The van der Waals surface area contributed by atoms with Gasteiger partial charge in [-0.05, 0) is 11.6 Å². The van der Waals surface area contributed by atoms with Gasteiger partial charge >= 0.3 is 0 Å². The molecule has 0 unspecified atom stereocenters. The van der Waals surface area contributed by atoms with Crippen LogP contribution in [0.2, 0.25) is 0 Å². The van der Waals surface area contributed by atoms with Crippen molar-refractivity contribution in [3.05, 3.63) is 53.9 Å². The van der Waals surface area contributed by atoms with E-state index in [1.807, 2.05) is 43.4 Å². The molecule has 0 fully saturated rings. The Morgan fingerprint density at radius 2 is 1.93 bits per heavy atom. The number of benzene rings is 1. The van der Waals surface area contributed by atoms with E-state index in [4.69, 9.17) is 0 Å². The van der Waals surface area contributed by atoms with Gasteiger partial charge in [0.25, 0.3) is 0 Å². The van der Waals surface area contributed by atoms with Crippen LogP contribution in [0.1, 0.15) is 17.4 Å². The topological polar surface area (TPSA) is 38.0 Å². The third kappa shape index (κ3) is 1.54. The fraction of sp³-hybridized carbons (Fsp3) is 0.182. The minimum atomic E-state index is -0.594. The smallest absolute Gasteiger partial charge is 0.121 e. The summed E-state index contributed by atoms with van der Waals surface area (Å²) in [5.74, 6) is 0. The molecular formula is C11H12N2O. The fourth-order valence-electron chi connectivity index (χ4n) is 1.46. The van der Waals surface area contributed by atoms with Crippen molar-refractivity contribution in [1.82, 2.24) is 9.78 Å². The predicted molar refractivity (Wildman–Crippen MR) is 53.7 cm³/mol. The van der Waals surface area contributed by atoms with Crippen molar-refractivity contribution in [2.75, 3.05) is 0 Å². The van der Waals surface area contributed by atoms with Gasteiger partial charge in [0.2, 0.25) is 0 Å². The summed E-state index contributed by atoms with van der Waals surface area (Å²) in [5, 5.41) is 14.0. The first-order valence-electron chi connectivity index (χ1n) is 4.50. The summed E-state index contributed by atoms with van der Waals surface area (Å²) in [6.45, 7) is 0. The van der Waals surface area contributed by atoms with Gasteiger partial charge in [-0.2, -0.15) is 5.10 Å². The Morgan fingerprint density at radius 3 is 2.50 bits per heavy atom. The van der Waals surface area contributed by atoms with Crippen LogP contribution in [-0.4, -0.2) is 14.9 Å². The molecule has 0 aliphatic rings. The van der Waals surface area contributed by atoms with Crippen molar-refractivity contribution in [3.8, 4) is 0 Å². The maximum absolute atomic E-state index is 10.0. The van der Waals surface area contributed by atoms with E-state index >= 15 is 0 Å². The van der Waals surface area contributed by atoms with Crippen LogP contribution in [0.4, 0.5) is 0 Å². The van der Waals surface area contributed by atoms with Crippen molar-refractivity contribution in [1.29, 1.82) is 0 Å². The Hall–Kier alpha value is -1.61. The van der Waals surface area contributed by atoms with Gasteiger partial charge in [0.15, 0.2) is 0 Å². The average Bonchev–Trinajstić information content (AvgIpc) is 2.65. The molecule has 1 heterocycles. The van der Waals surface area contributed by atoms with Crippen LogP contribution < -0.4 is 0 Å². The molecule has 2 aromatic rings. The molecule has 0 aliphatic carbocycles. The van der Waals surface area contributed by atoms with Gasteiger partial charge in [-0.25, -0.2) is 0 Å². The molecule has 2 rings (SSSR count). The Labute approximate surface area is 82.6 Å². The zero-order chi connectivity index (χ0) is 9.97. The minimum absolute atomic E-state index is 0.594. The summed E-state index contributed by atoms with van der Waals surface area (Å²) in [5.41, 5.74) is 1.69. The summed E-state index contributed by atoms with van der Waals surface area (Å²) in [6.07, 6.45) is 1.09. The second-order valence-corrected chi connectivity index (χ2v) is 3.19. The summed E-state index contributed by atoms with van der Waals surface area (Å²) in [7, 11) is 1.82. The molecule has 0 saturated carbocycles. The minimum Gasteiger partial charge on any atom is -0.382 e. The highest BCUT2D eigenvalue weighted by atomic mass is 16.3. The second-order valence-electron chi connectivity index (χ2n) is 3.19. The highest BCUT2D eigenvalue weighted by Crippen LogP contribution is 2.20. The van der Waals surface area contributed by atoms with Crippen LogP contribution in [0.15, 0.2) is 42.6 Å². The molecular weight excluding hydrogens is 176 g/mol. The molecule has 0 aliphatic heterocycles. The number of nitrogens with zero attached hydrogens (tertiary/aromatic N) is 2. The van der Waals surface area contributed by atoms with E-state index in [0.29, 0.717) is 0 Å². The molecule has 0 saturated heterocycles. The van der Waals surface area contributed by atoms with Crippen LogP contribution in [-0.2, 0) is 7.05 Å². The van der Waals surface area contributed by atoms with E-state index in [9.17, 15) is 5.11 Å². The lowest BCUT2D eigenvalue weighted by molar-refractivity contribution is 0.210. The van der Waals surface area contributed by atoms with Gasteiger partial charge in [0, 0.05) is 13.2 Å². The largest absolute Gasteiger partial charge is 0.382 e. The van der Waals surface area contributed by atoms with Gasteiger partial charge in [-0.1, -0.05) is 30.3 Å². The highest BCUT2D eigenvalue weighted by molar-refractivity contribution is 5.24.